The molecule has 0 saturated carbocycles. The topological polar surface area (TPSA) is 86.9 Å². The smallest absolute Gasteiger partial charge is 0.251 e. The average molecular weight is 234 g/mol. The van der Waals surface area contributed by atoms with Gasteiger partial charge in [-0.05, 0) is 12.1 Å². The van der Waals surface area contributed by atoms with Crippen molar-refractivity contribution in [3.05, 3.63) is 47.5 Å². The van der Waals surface area contributed by atoms with Crippen LogP contribution in [0.4, 0.5) is 4.39 Å². The molecule has 0 atom stereocenters. The normalized spacial score (nSPS) is 10.5. The summed E-state index contributed by atoms with van der Waals surface area (Å²) in [6.07, 6.45) is 2.77. The van der Waals surface area contributed by atoms with Crippen LogP contribution in [0.25, 0.3) is 5.69 Å². The second-order valence-electron chi connectivity index (χ2n) is 3.48. The number of nitrogens with two attached hydrogens (primary N) is 2. The Bertz CT molecular complexity index is 564. The molecule has 0 spiro atoms. The Morgan fingerprint density at radius 1 is 1.47 bits per heavy atom. The molecule has 1 aromatic heterocycles. The largest absolute Gasteiger partial charge is 0.366 e. The number of primary amides is 1. The molecule has 17 heavy (non-hydrogen) atoms. The van der Waals surface area contributed by atoms with Crippen LogP contribution in [0.2, 0.25) is 0 Å². The van der Waals surface area contributed by atoms with Crippen molar-refractivity contribution in [3.8, 4) is 5.69 Å². The number of carbonyl (C=O) groups is 1. The third-order valence-corrected chi connectivity index (χ3v) is 2.41. The Kier molecular flexibility index (Phi) is 2.88. The van der Waals surface area contributed by atoms with Gasteiger partial charge in [-0.3, -0.25) is 4.79 Å². The molecule has 2 aromatic rings. The average Bonchev–Trinajstić information content (AvgIpc) is 2.77. The summed E-state index contributed by atoms with van der Waals surface area (Å²) < 4.78 is 14.9. The number of amides is 1. The second kappa shape index (κ2) is 4.34. The molecule has 4 N–H and O–H groups in total. The summed E-state index contributed by atoms with van der Waals surface area (Å²) >= 11 is 0. The SMILES string of the molecule is NCc1c(F)cccc1-n1cc(C(N)=O)cn1. The molecule has 1 amide bonds. The first-order chi connectivity index (χ1) is 8.13. The molecule has 0 aliphatic carbocycles. The van der Waals surface area contributed by atoms with Crippen molar-refractivity contribution in [2.45, 2.75) is 6.54 Å². The van der Waals surface area contributed by atoms with E-state index in [0.29, 0.717) is 11.3 Å². The second-order valence-corrected chi connectivity index (χ2v) is 3.48. The van der Waals surface area contributed by atoms with Gasteiger partial charge in [-0.15, -0.1) is 0 Å². The lowest BCUT2D eigenvalue weighted by molar-refractivity contribution is 0.100. The van der Waals surface area contributed by atoms with Crippen molar-refractivity contribution in [1.29, 1.82) is 0 Å². The van der Waals surface area contributed by atoms with Gasteiger partial charge in [-0.2, -0.15) is 5.10 Å². The number of halogens is 1. The number of hydrogen-bond acceptors (Lipinski definition) is 3. The van der Waals surface area contributed by atoms with Crippen LogP contribution >= 0.6 is 0 Å². The molecular weight excluding hydrogens is 223 g/mol. The molecule has 1 aromatic carbocycles. The fraction of sp³-hybridized carbons (Fsp3) is 0.0909. The van der Waals surface area contributed by atoms with E-state index in [1.165, 1.54) is 23.1 Å². The van der Waals surface area contributed by atoms with Gasteiger partial charge >= 0.3 is 0 Å². The number of hydrogen-bond donors (Lipinski definition) is 2. The van der Waals surface area contributed by atoms with Gasteiger partial charge in [0.1, 0.15) is 5.82 Å². The highest BCUT2D eigenvalue weighted by molar-refractivity contribution is 5.92. The predicted octanol–water partition coefficient (Wildman–Crippen LogP) is 0.569. The Labute approximate surface area is 96.8 Å². The number of nitrogens with zero attached hydrogens (tertiary/aromatic N) is 2. The molecule has 5 nitrogen and oxygen atoms in total. The minimum Gasteiger partial charge on any atom is -0.366 e. The summed E-state index contributed by atoms with van der Waals surface area (Å²) in [6, 6.07) is 4.54. The van der Waals surface area contributed by atoms with Crippen molar-refractivity contribution in [2.24, 2.45) is 11.5 Å². The van der Waals surface area contributed by atoms with Gasteiger partial charge in [0, 0.05) is 18.3 Å². The van der Waals surface area contributed by atoms with Crippen LogP contribution in [0, 0.1) is 5.82 Å². The predicted molar refractivity (Wildman–Crippen MR) is 59.9 cm³/mol. The zero-order chi connectivity index (χ0) is 12.4. The number of carbonyl (C=O) groups excluding carboxylic acids is 1. The molecule has 2 rings (SSSR count). The van der Waals surface area contributed by atoms with E-state index in [-0.39, 0.29) is 12.1 Å². The van der Waals surface area contributed by atoms with Crippen molar-refractivity contribution in [3.63, 3.8) is 0 Å². The standard InChI is InChI=1S/C11H11FN4O/c12-9-2-1-3-10(8(9)4-13)16-6-7(5-15-16)11(14)17/h1-3,5-6H,4,13H2,(H2,14,17). The summed E-state index contributed by atoms with van der Waals surface area (Å²) in [5, 5.41) is 3.95. The Balaban J connectivity index is 2.52. The summed E-state index contributed by atoms with van der Waals surface area (Å²) in [6.45, 7) is 0.0494. The summed E-state index contributed by atoms with van der Waals surface area (Å²) in [4.78, 5) is 10.9. The van der Waals surface area contributed by atoms with Gasteiger partial charge in [0.2, 0.25) is 0 Å². The monoisotopic (exact) mass is 234 g/mol. The van der Waals surface area contributed by atoms with Crippen molar-refractivity contribution < 1.29 is 9.18 Å². The van der Waals surface area contributed by atoms with Gasteiger partial charge in [0.15, 0.2) is 0 Å². The van der Waals surface area contributed by atoms with E-state index >= 15 is 0 Å². The van der Waals surface area contributed by atoms with Crippen molar-refractivity contribution in [1.82, 2.24) is 9.78 Å². The summed E-state index contributed by atoms with van der Waals surface area (Å²) in [7, 11) is 0. The molecule has 0 saturated heterocycles. The number of aromatic nitrogens is 2. The number of benzene rings is 1. The highest BCUT2D eigenvalue weighted by Crippen LogP contribution is 2.17. The summed E-state index contributed by atoms with van der Waals surface area (Å²) in [5.41, 5.74) is 11.7. The van der Waals surface area contributed by atoms with Gasteiger partial charge < -0.3 is 11.5 Å². The van der Waals surface area contributed by atoms with Crippen LogP contribution in [-0.2, 0) is 6.54 Å². The van der Waals surface area contributed by atoms with Crippen LogP contribution in [0.1, 0.15) is 15.9 Å². The van der Waals surface area contributed by atoms with Gasteiger partial charge in [-0.25, -0.2) is 9.07 Å². The minimum absolute atomic E-state index is 0.0494. The molecule has 0 fully saturated rings. The first-order valence-electron chi connectivity index (χ1n) is 4.95. The molecule has 88 valence electrons. The molecule has 0 aliphatic heterocycles. The zero-order valence-electron chi connectivity index (χ0n) is 8.93. The van der Waals surface area contributed by atoms with E-state index in [1.54, 1.807) is 12.1 Å². The third kappa shape index (κ3) is 2.02. The van der Waals surface area contributed by atoms with E-state index < -0.39 is 11.7 Å². The van der Waals surface area contributed by atoms with E-state index in [4.69, 9.17) is 11.5 Å². The third-order valence-electron chi connectivity index (χ3n) is 2.41. The van der Waals surface area contributed by atoms with Crippen LogP contribution < -0.4 is 11.5 Å². The number of rotatable bonds is 3. The molecule has 6 heteroatoms. The molecule has 0 aliphatic rings. The van der Waals surface area contributed by atoms with Gasteiger partial charge in [0.25, 0.3) is 5.91 Å². The maximum Gasteiger partial charge on any atom is 0.251 e. The summed E-state index contributed by atoms with van der Waals surface area (Å²) in [5.74, 6) is -0.983. The molecule has 0 radical (unpaired) electrons. The maximum atomic E-state index is 13.5. The first-order valence-corrected chi connectivity index (χ1v) is 4.95. The lowest BCUT2D eigenvalue weighted by atomic mass is 10.1. The molecular formula is C11H11FN4O. The van der Waals surface area contributed by atoms with E-state index in [2.05, 4.69) is 5.10 Å². The van der Waals surface area contributed by atoms with E-state index in [1.807, 2.05) is 0 Å². The molecule has 0 unspecified atom stereocenters. The Morgan fingerprint density at radius 3 is 2.82 bits per heavy atom. The Morgan fingerprint density at radius 2 is 2.24 bits per heavy atom. The maximum absolute atomic E-state index is 13.5. The van der Waals surface area contributed by atoms with Crippen molar-refractivity contribution >= 4 is 5.91 Å². The van der Waals surface area contributed by atoms with Crippen LogP contribution in [0.3, 0.4) is 0 Å². The lowest BCUT2D eigenvalue weighted by Gasteiger charge is -2.08. The fourth-order valence-corrected chi connectivity index (χ4v) is 1.55. The first kappa shape index (κ1) is 11.3. The van der Waals surface area contributed by atoms with Crippen LogP contribution in [0.15, 0.2) is 30.6 Å². The minimum atomic E-state index is -0.582. The quantitative estimate of drug-likeness (QED) is 0.813. The molecule has 0 bridgehead atoms. The van der Waals surface area contributed by atoms with Crippen molar-refractivity contribution in [2.75, 3.05) is 0 Å². The zero-order valence-corrected chi connectivity index (χ0v) is 8.93. The fourth-order valence-electron chi connectivity index (χ4n) is 1.55. The van der Waals surface area contributed by atoms with Crippen LogP contribution in [0.5, 0.6) is 0 Å². The van der Waals surface area contributed by atoms with Gasteiger partial charge in [-0.1, -0.05) is 6.07 Å². The van der Waals surface area contributed by atoms with Gasteiger partial charge in [0.05, 0.1) is 17.4 Å². The van der Waals surface area contributed by atoms with E-state index in [0.717, 1.165) is 0 Å². The Hall–Kier alpha value is -2.21. The lowest BCUT2D eigenvalue weighted by Crippen LogP contribution is -2.10. The van der Waals surface area contributed by atoms with Crippen LogP contribution in [-0.4, -0.2) is 15.7 Å². The molecule has 1 heterocycles. The highest BCUT2D eigenvalue weighted by Gasteiger charge is 2.11. The van der Waals surface area contributed by atoms with E-state index in [9.17, 15) is 9.18 Å². The highest BCUT2D eigenvalue weighted by atomic mass is 19.1.